The molecule has 2 N–H and O–H groups in total. The van der Waals surface area contributed by atoms with E-state index in [1.807, 2.05) is 0 Å². The highest BCUT2D eigenvalue weighted by atomic mass is 31.1. The molecule has 0 aromatic heterocycles. The largest absolute Gasteiger partial charge is 0.479 e. The molecule has 1 unspecified atom stereocenters. The van der Waals surface area contributed by atoms with Crippen molar-refractivity contribution >= 4 is 13.9 Å². The second-order valence-corrected chi connectivity index (χ2v) is 2.08. The van der Waals surface area contributed by atoms with Gasteiger partial charge >= 0.3 is 13.9 Å². The molecule has 7 heteroatoms. The topological polar surface area (TPSA) is 101 Å². The molecule has 0 heterocycles. The van der Waals surface area contributed by atoms with Crippen LogP contribution in [0.15, 0.2) is 0 Å². The lowest BCUT2D eigenvalue weighted by molar-refractivity contribution is -0.148. The third-order valence-corrected chi connectivity index (χ3v) is 0.983. The molecule has 0 aliphatic rings. The summed E-state index contributed by atoms with van der Waals surface area (Å²) in [5.74, 6) is -1.52. The molecule has 10 heavy (non-hydrogen) atoms. The molecule has 0 aliphatic heterocycles. The van der Waals surface area contributed by atoms with Crippen molar-refractivity contribution in [1.82, 2.24) is 0 Å². The number of rotatable bonds is 4. The Hall–Kier alpha value is -0.710. The molecule has 0 amide bonds. The van der Waals surface area contributed by atoms with Gasteiger partial charge in [0.05, 0.1) is 6.61 Å². The molecule has 0 bridgehead atoms. The van der Waals surface area contributed by atoms with E-state index in [1.54, 1.807) is 0 Å². The minimum absolute atomic E-state index is 0.742. The zero-order valence-electron chi connectivity index (χ0n) is 4.76. The Bertz CT molecular complexity index is 175. The highest BCUT2D eigenvalue weighted by Crippen LogP contribution is 2.04. The van der Waals surface area contributed by atoms with E-state index in [2.05, 4.69) is 4.52 Å². The van der Waals surface area contributed by atoms with Crippen LogP contribution >= 0.6 is 7.91 Å². The van der Waals surface area contributed by atoms with Crippen molar-refractivity contribution in [3.8, 4) is 0 Å². The number of hydrogen-bond donors (Lipinski definition) is 2. The Morgan fingerprint density at radius 2 is 2.10 bits per heavy atom. The molecule has 0 saturated heterocycles. The normalized spacial score (nSPS) is 12.5. The number of hydrogen-bond acceptors (Lipinski definition) is 5. The second-order valence-electron chi connectivity index (χ2n) is 1.37. The van der Waals surface area contributed by atoms with Crippen molar-refractivity contribution < 1.29 is 28.7 Å². The molecule has 0 saturated carbocycles. The number of carboxylic acids is 1. The standard InChI is InChI=1S/C3H5O6P/c4-2(3(5)6)1-9-10(7)8/h2,4H,1H2,(H,5,6). The van der Waals surface area contributed by atoms with E-state index in [0.717, 1.165) is 0 Å². The zero-order valence-corrected chi connectivity index (χ0v) is 5.65. The lowest BCUT2D eigenvalue weighted by Crippen LogP contribution is -2.23. The van der Waals surface area contributed by atoms with Gasteiger partial charge in [0.2, 0.25) is 0 Å². The first-order valence-corrected chi connectivity index (χ1v) is 3.31. The van der Waals surface area contributed by atoms with E-state index in [0.29, 0.717) is 0 Å². The molecule has 0 aliphatic carbocycles. The molecule has 0 aromatic rings. The predicted octanol–water partition coefficient (Wildman–Crippen LogP) is -0.464. The molecule has 0 fully saturated rings. The van der Waals surface area contributed by atoms with Crippen LogP contribution in [-0.4, -0.2) is 28.9 Å². The monoisotopic (exact) mass is 168 g/mol. The van der Waals surface area contributed by atoms with Gasteiger partial charge < -0.3 is 10.2 Å². The molecule has 6 nitrogen and oxygen atoms in total. The summed E-state index contributed by atoms with van der Waals surface area (Å²) in [5.41, 5.74) is 0. The fourth-order valence-electron chi connectivity index (χ4n) is 0.203. The van der Waals surface area contributed by atoms with E-state index in [4.69, 9.17) is 10.2 Å². The van der Waals surface area contributed by atoms with Crippen LogP contribution in [0.25, 0.3) is 0 Å². The van der Waals surface area contributed by atoms with E-state index in [9.17, 15) is 13.9 Å². The highest BCUT2D eigenvalue weighted by Gasteiger charge is 2.13. The molecule has 58 valence electrons. The van der Waals surface area contributed by atoms with Gasteiger partial charge in [-0.2, -0.15) is 0 Å². The Balaban J connectivity index is 3.59. The number of aliphatic carboxylic acids is 1. The Morgan fingerprint density at radius 1 is 1.60 bits per heavy atom. The van der Waals surface area contributed by atoms with Crippen LogP contribution in [0, 0.1) is 0 Å². The van der Waals surface area contributed by atoms with Crippen LogP contribution in [0.3, 0.4) is 0 Å². The van der Waals surface area contributed by atoms with E-state index >= 15 is 0 Å². The summed E-state index contributed by atoms with van der Waals surface area (Å²) >= 11 is 0. The van der Waals surface area contributed by atoms with Gasteiger partial charge in [-0.25, -0.2) is 13.9 Å². The molecule has 0 aromatic carbocycles. The fraction of sp³-hybridized carbons (Fsp3) is 0.667. The fourth-order valence-corrected chi connectivity index (χ4v) is 0.466. The molecular weight excluding hydrogens is 163 g/mol. The summed E-state index contributed by atoms with van der Waals surface area (Å²) < 4.78 is 23.1. The second kappa shape index (κ2) is 4.16. The lowest BCUT2D eigenvalue weighted by Gasteiger charge is -1.98. The first kappa shape index (κ1) is 9.29. The van der Waals surface area contributed by atoms with Gasteiger partial charge in [0.1, 0.15) is 0 Å². The summed E-state index contributed by atoms with van der Waals surface area (Å²) in [6, 6.07) is 0. The number of aliphatic hydroxyl groups excluding tert-OH is 1. The smallest absolute Gasteiger partial charge is 0.468 e. The molecule has 0 rings (SSSR count). The van der Waals surface area contributed by atoms with E-state index in [-0.39, 0.29) is 0 Å². The molecule has 1 atom stereocenters. The number of carboxylic acid groups (broad SMARTS) is 1. The minimum atomic E-state index is -3.08. The summed E-state index contributed by atoms with van der Waals surface area (Å²) in [7, 11) is -3.08. The number of aliphatic hydroxyl groups is 1. The summed E-state index contributed by atoms with van der Waals surface area (Å²) in [4.78, 5) is 9.78. The summed E-state index contributed by atoms with van der Waals surface area (Å²) in [6.07, 6.45) is -1.78. The quantitative estimate of drug-likeness (QED) is 0.550. The zero-order chi connectivity index (χ0) is 8.15. The Kier molecular flexibility index (Phi) is 3.87. The molecule has 0 radical (unpaired) electrons. The summed E-state index contributed by atoms with van der Waals surface area (Å²) in [6.45, 7) is -0.742. The van der Waals surface area contributed by atoms with Crippen molar-refractivity contribution in [2.24, 2.45) is 0 Å². The van der Waals surface area contributed by atoms with Crippen LogP contribution in [0.4, 0.5) is 0 Å². The summed E-state index contributed by atoms with van der Waals surface area (Å²) in [5, 5.41) is 16.4. The molecule has 0 spiro atoms. The van der Waals surface area contributed by atoms with Crippen molar-refractivity contribution in [1.29, 1.82) is 0 Å². The Morgan fingerprint density at radius 3 is 2.40 bits per heavy atom. The average molecular weight is 168 g/mol. The van der Waals surface area contributed by atoms with Crippen molar-refractivity contribution in [3.63, 3.8) is 0 Å². The van der Waals surface area contributed by atoms with Gasteiger partial charge in [-0.1, -0.05) is 0 Å². The van der Waals surface area contributed by atoms with Crippen LogP contribution in [0.5, 0.6) is 0 Å². The minimum Gasteiger partial charge on any atom is -0.479 e. The van der Waals surface area contributed by atoms with Gasteiger partial charge in [0.15, 0.2) is 6.10 Å². The van der Waals surface area contributed by atoms with Gasteiger partial charge in [-0.3, -0.25) is 4.52 Å². The average Bonchev–Trinajstić information content (AvgIpc) is 1.82. The SMILES string of the molecule is O=C(O)C(O)COP(=O)=O. The maximum atomic E-state index is 9.78. The van der Waals surface area contributed by atoms with Crippen LogP contribution in [-0.2, 0) is 18.4 Å². The van der Waals surface area contributed by atoms with Crippen molar-refractivity contribution in [2.45, 2.75) is 6.10 Å². The highest BCUT2D eigenvalue weighted by molar-refractivity contribution is 7.24. The third kappa shape index (κ3) is 4.20. The first-order valence-electron chi connectivity index (χ1n) is 2.22. The van der Waals surface area contributed by atoms with Crippen LogP contribution < -0.4 is 0 Å². The van der Waals surface area contributed by atoms with Gasteiger partial charge in [-0.05, 0) is 0 Å². The van der Waals surface area contributed by atoms with Crippen LogP contribution in [0.1, 0.15) is 0 Å². The van der Waals surface area contributed by atoms with Crippen molar-refractivity contribution in [3.05, 3.63) is 0 Å². The van der Waals surface area contributed by atoms with Crippen LogP contribution in [0.2, 0.25) is 0 Å². The van der Waals surface area contributed by atoms with E-state index in [1.165, 1.54) is 0 Å². The predicted molar refractivity (Wildman–Crippen MR) is 27.9 cm³/mol. The maximum absolute atomic E-state index is 9.78. The van der Waals surface area contributed by atoms with Crippen molar-refractivity contribution in [2.75, 3.05) is 6.61 Å². The van der Waals surface area contributed by atoms with E-state index < -0.39 is 26.6 Å². The Labute approximate surface area is 56.3 Å². The third-order valence-electron chi connectivity index (χ3n) is 0.623. The lowest BCUT2D eigenvalue weighted by atomic mass is 10.4. The van der Waals surface area contributed by atoms with Gasteiger partial charge in [-0.15, -0.1) is 0 Å². The van der Waals surface area contributed by atoms with Gasteiger partial charge in [0.25, 0.3) is 0 Å². The van der Waals surface area contributed by atoms with Gasteiger partial charge in [0, 0.05) is 0 Å². The number of carbonyl (C=O) groups is 1. The first-order chi connectivity index (χ1) is 4.54. The molecular formula is C3H5O6P. The maximum Gasteiger partial charge on any atom is 0.468 e.